The van der Waals surface area contributed by atoms with Gasteiger partial charge in [0, 0.05) is 6.42 Å². The molecule has 2 aromatic carbocycles. The summed E-state index contributed by atoms with van der Waals surface area (Å²) in [6.07, 6.45) is -3.02. The van der Waals surface area contributed by atoms with Crippen LogP contribution in [-0.2, 0) is 30.4 Å². The summed E-state index contributed by atoms with van der Waals surface area (Å²) in [6.45, 7) is 3.83. The highest BCUT2D eigenvalue weighted by molar-refractivity contribution is 7.86. The highest BCUT2D eigenvalue weighted by Gasteiger charge is 2.40. The van der Waals surface area contributed by atoms with Crippen LogP contribution < -0.4 is 0 Å². The molecule has 4 atom stereocenters. The zero-order valence-electron chi connectivity index (χ0n) is 15.3. The number of aryl methyl sites for hydroxylation is 1. The van der Waals surface area contributed by atoms with Crippen molar-refractivity contribution in [2.45, 2.75) is 56.4 Å². The number of hydrogen-bond acceptors (Lipinski definition) is 6. The van der Waals surface area contributed by atoms with E-state index in [1.165, 1.54) is 12.1 Å². The van der Waals surface area contributed by atoms with Gasteiger partial charge in [-0.05, 0) is 31.5 Å². The van der Waals surface area contributed by atoms with Crippen LogP contribution in [0.2, 0.25) is 0 Å². The molecule has 0 spiro atoms. The first-order chi connectivity index (χ1) is 12.8. The smallest absolute Gasteiger partial charge is 0.297 e. The molecule has 0 aliphatic carbocycles. The molecule has 0 saturated carbocycles. The molecule has 1 heterocycles. The van der Waals surface area contributed by atoms with Crippen LogP contribution in [0.25, 0.3) is 0 Å². The number of aliphatic hydroxyl groups excluding tert-OH is 1. The Morgan fingerprint density at radius 2 is 1.78 bits per heavy atom. The van der Waals surface area contributed by atoms with Crippen molar-refractivity contribution in [3.05, 3.63) is 65.7 Å². The maximum absolute atomic E-state index is 12.7. The lowest BCUT2D eigenvalue weighted by Gasteiger charge is -2.37. The van der Waals surface area contributed by atoms with Crippen molar-refractivity contribution in [3.63, 3.8) is 0 Å². The van der Waals surface area contributed by atoms with E-state index in [4.69, 9.17) is 13.7 Å². The van der Waals surface area contributed by atoms with Crippen molar-refractivity contribution in [1.82, 2.24) is 0 Å². The summed E-state index contributed by atoms with van der Waals surface area (Å²) in [4.78, 5) is 0.0771. The number of benzene rings is 2. The molecule has 1 aliphatic heterocycles. The van der Waals surface area contributed by atoms with Gasteiger partial charge in [-0.2, -0.15) is 8.42 Å². The maximum atomic E-state index is 12.7. The van der Waals surface area contributed by atoms with E-state index in [1.54, 1.807) is 19.1 Å². The predicted octanol–water partition coefficient (Wildman–Crippen LogP) is 2.78. The SMILES string of the molecule is Cc1ccc(S(=O)(=O)O[C@@H]2[C@@H](C)O[C@H](O)C[C@H]2OCc2ccccc2)cc1. The van der Waals surface area contributed by atoms with Crippen LogP contribution in [0.4, 0.5) is 0 Å². The Balaban J connectivity index is 1.75. The van der Waals surface area contributed by atoms with Crippen molar-refractivity contribution in [1.29, 1.82) is 0 Å². The van der Waals surface area contributed by atoms with Gasteiger partial charge in [0.15, 0.2) is 6.29 Å². The largest absolute Gasteiger partial charge is 0.370 e. The van der Waals surface area contributed by atoms with Gasteiger partial charge in [0.2, 0.25) is 0 Å². The van der Waals surface area contributed by atoms with Crippen molar-refractivity contribution in [2.24, 2.45) is 0 Å². The van der Waals surface area contributed by atoms with Crippen LogP contribution in [0.3, 0.4) is 0 Å². The summed E-state index contributed by atoms with van der Waals surface area (Å²) in [5.41, 5.74) is 1.90. The number of ether oxygens (including phenoxy) is 2. The van der Waals surface area contributed by atoms with Crippen LogP contribution in [0.1, 0.15) is 24.5 Å². The Hall–Kier alpha value is -1.77. The van der Waals surface area contributed by atoms with Gasteiger partial charge in [0.1, 0.15) is 6.10 Å². The third-order valence-electron chi connectivity index (χ3n) is 4.49. The molecule has 1 saturated heterocycles. The van der Waals surface area contributed by atoms with Gasteiger partial charge >= 0.3 is 0 Å². The number of hydrogen-bond donors (Lipinski definition) is 1. The molecule has 0 radical (unpaired) electrons. The van der Waals surface area contributed by atoms with E-state index >= 15 is 0 Å². The van der Waals surface area contributed by atoms with Crippen LogP contribution in [-0.4, -0.2) is 38.1 Å². The summed E-state index contributed by atoms with van der Waals surface area (Å²) in [5, 5.41) is 9.90. The Morgan fingerprint density at radius 1 is 1.11 bits per heavy atom. The molecule has 6 nitrogen and oxygen atoms in total. The van der Waals surface area contributed by atoms with Crippen molar-refractivity contribution in [2.75, 3.05) is 0 Å². The molecular formula is C20H24O6S. The Bertz CT molecular complexity index is 835. The molecule has 27 heavy (non-hydrogen) atoms. The predicted molar refractivity (Wildman–Crippen MR) is 99.4 cm³/mol. The quantitative estimate of drug-likeness (QED) is 0.762. The minimum absolute atomic E-state index is 0.0771. The fourth-order valence-electron chi connectivity index (χ4n) is 3.00. The van der Waals surface area contributed by atoms with Gasteiger partial charge in [-0.15, -0.1) is 0 Å². The first-order valence-electron chi connectivity index (χ1n) is 8.84. The van der Waals surface area contributed by atoms with E-state index < -0.39 is 34.7 Å². The number of rotatable bonds is 6. The lowest BCUT2D eigenvalue weighted by atomic mass is 10.0. The molecule has 1 aliphatic rings. The zero-order valence-corrected chi connectivity index (χ0v) is 16.1. The first-order valence-corrected chi connectivity index (χ1v) is 10.2. The van der Waals surface area contributed by atoms with Crippen LogP contribution in [0.5, 0.6) is 0 Å². The van der Waals surface area contributed by atoms with Gasteiger partial charge in [-0.25, -0.2) is 0 Å². The fourth-order valence-corrected chi connectivity index (χ4v) is 4.16. The summed E-state index contributed by atoms with van der Waals surface area (Å²) >= 11 is 0. The van der Waals surface area contributed by atoms with E-state index in [9.17, 15) is 13.5 Å². The molecule has 7 heteroatoms. The van der Waals surface area contributed by atoms with E-state index in [1.807, 2.05) is 37.3 Å². The molecule has 0 amide bonds. The maximum Gasteiger partial charge on any atom is 0.297 e. The summed E-state index contributed by atoms with van der Waals surface area (Å²) in [6, 6.07) is 16.0. The average Bonchev–Trinajstić information content (AvgIpc) is 2.63. The lowest BCUT2D eigenvalue weighted by Crippen LogP contribution is -2.50. The topological polar surface area (TPSA) is 82.1 Å². The van der Waals surface area contributed by atoms with E-state index in [0.717, 1.165) is 11.1 Å². The minimum Gasteiger partial charge on any atom is -0.370 e. The third-order valence-corrected chi connectivity index (χ3v) is 5.81. The fraction of sp³-hybridized carbons (Fsp3) is 0.400. The minimum atomic E-state index is -3.98. The van der Waals surface area contributed by atoms with E-state index in [-0.39, 0.29) is 17.9 Å². The normalized spacial score (nSPS) is 26.0. The molecule has 1 fully saturated rings. The first kappa shape index (κ1) is 20.0. The zero-order chi connectivity index (χ0) is 19.4. The van der Waals surface area contributed by atoms with Gasteiger partial charge < -0.3 is 14.6 Å². The molecular weight excluding hydrogens is 368 g/mol. The Kier molecular flexibility index (Phi) is 6.29. The third kappa shape index (κ3) is 5.15. The van der Waals surface area contributed by atoms with Crippen molar-refractivity contribution < 1.29 is 27.2 Å². The Labute approximate surface area is 159 Å². The van der Waals surface area contributed by atoms with Crippen LogP contribution in [0.15, 0.2) is 59.5 Å². The molecule has 3 rings (SSSR count). The van der Waals surface area contributed by atoms with Gasteiger partial charge in [0.25, 0.3) is 10.1 Å². The molecule has 0 unspecified atom stereocenters. The lowest BCUT2D eigenvalue weighted by molar-refractivity contribution is -0.231. The van der Waals surface area contributed by atoms with Crippen LogP contribution in [0, 0.1) is 6.92 Å². The average molecular weight is 392 g/mol. The second kappa shape index (κ2) is 8.50. The summed E-state index contributed by atoms with van der Waals surface area (Å²) in [7, 11) is -3.98. The van der Waals surface area contributed by atoms with E-state index in [2.05, 4.69) is 0 Å². The van der Waals surface area contributed by atoms with Gasteiger partial charge in [-0.1, -0.05) is 48.0 Å². The highest BCUT2D eigenvalue weighted by Crippen LogP contribution is 2.28. The summed E-state index contributed by atoms with van der Waals surface area (Å²) < 4.78 is 42.1. The van der Waals surface area contributed by atoms with E-state index in [0.29, 0.717) is 0 Å². The second-order valence-corrected chi connectivity index (χ2v) is 8.27. The number of aliphatic hydroxyl groups is 1. The van der Waals surface area contributed by atoms with Crippen molar-refractivity contribution >= 4 is 10.1 Å². The van der Waals surface area contributed by atoms with Gasteiger partial charge in [-0.3, -0.25) is 4.18 Å². The second-order valence-electron chi connectivity index (χ2n) is 6.69. The molecule has 0 bridgehead atoms. The molecule has 2 aromatic rings. The molecule has 146 valence electrons. The van der Waals surface area contributed by atoms with Crippen LogP contribution >= 0.6 is 0 Å². The van der Waals surface area contributed by atoms with Crippen molar-refractivity contribution in [3.8, 4) is 0 Å². The Morgan fingerprint density at radius 3 is 2.44 bits per heavy atom. The monoisotopic (exact) mass is 392 g/mol. The highest BCUT2D eigenvalue weighted by atomic mass is 32.2. The van der Waals surface area contributed by atoms with Gasteiger partial charge in [0.05, 0.1) is 23.7 Å². The molecule has 0 aromatic heterocycles. The standard InChI is InChI=1S/C20H24O6S/c1-14-8-10-17(11-9-14)27(22,23)26-20-15(2)25-19(21)12-18(20)24-13-16-6-4-3-5-7-16/h3-11,15,18-21H,12-13H2,1-2H3/t15-,18-,19+,20-/m1/s1. The summed E-state index contributed by atoms with van der Waals surface area (Å²) in [5.74, 6) is 0. The molecule has 1 N–H and O–H groups in total.